The summed E-state index contributed by atoms with van der Waals surface area (Å²) in [6.45, 7) is 2.17. The van der Waals surface area contributed by atoms with Crippen LogP contribution in [0.5, 0.6) is 0 Å². The third-order valence-electron chi connectivity index (χ3n) is 3.63. The Morgan fingerprint density at radius 2 is 2.38 bits per heavy atom. The summed E-state index contributed by atoms with van der Waals surface area (Å²) in [6.07, 6.45) is 4.67. The first-order chi connectivity index (χ1) is 7.66. The van der Waals surface area contributed by atoms with E-state index in [0.29, 0.717) is 13.0 Å². The van der Waals surface area contributed by atoms with Gasteiger partial charge in [-0.25, -0.2) is 0 Å². The number of fused-ring (bicyclic) bond motifs is 1. The van der Waals surface area contributed by atoms with Crippen molar-refractivity contribution in [2.24, 2.45) is 5.92 Å². The van der Waals surface area contributed by atoms with Crippen LogP contribution in [0.3, 0.4) is 0 Å². The van der Waals surface area contributed by atoms with Gasteiger partial charge in [0.1, 0.15) is 5.60 Å². The number of hydrogen-bond acceptors (Lipinski definition) is 4. The lowest BCUT2D eigenvalue weighted by Gasteiger charge is -2.36. The van der Waals surface area contributed by atoms with Crippen molar-refractivity contribution in [2.45, 2.75) is 51.0 Å². The maximum absolute atomic E-state index is 11.5. The molecule has 2 atom stereocenters. The lowest BCUT2D eigenvalue weighted by molar-refractivity contribution is -0.161. The molecule has 2 rings (SSSR count). The Hall–Kier alpha value is -1.06. The fraction of sp³-hybridized carbons (Fsp3) is 0.833. The molecule has 1 saturated carbocycles. The van der Waals surface area contributed by atoms with E-state index in [1.54, 1.807) is 6.92 Å². The van der Waals surface area contributed by atoms with E-state index in [4.69, 9.17) is 9.47 Å². The molecule has 0 N–H and O–H groups in total. The van der Waals surface area contributed by atoms with Crippen LogP contribution in [-0.2, 0) is 19.1 Å². The molecule has 0 amide bonds. The fourth-order valence-corrected chi connectivity index (χ4v) is 2.90. The Balaban J connectivity index is 2.07. The zero-order chi connectivity index (χ0) is 11.6. The molecule has 0 aromatic heterocycles. The second kappa shape index (κ2) is 4.44. The molecular weight excluding hydrogens is 208 g/mol. The third kappa shape index (κ3) is 2.06. The smallest absolute Gasteiger partial charge is 0.309 e. The third-order valence-corrected chi connectivity index (χ3v) is 3.63. The second-order valence-corrected chi connectivity index (χ2v) is 4.67. The Kier molecular flexibility index (Phi) is 3.17. The van der Waals surface area contributed by atoms with Crippen molar-refractivity contribution in [3.63, 3.8) is 0 Å². The van der Waals surface area contributed by atoms with E-state index in [9.17, 15) is 9.59 Å². The van der Waals surface area contributed by atoms with E-state index >= 15 is 0 Å². The van der Waals surface area contributed by atoms with Gasteiger partial charge in [-0.2, -0.15) is 0 Å². The zero-order valence-corrected chi connectivity index (χ0v) is 9.66. The Morgan fingerprint density at radius 1 is 1.56 bits per heavy atom. The molecule has 0 radical (unpaired) electrons. The van der Waals surface area contributed by atoms with Gasteiger partial charge in [0.2, 0.25) is 0 Å². The molecule has 2 fully saturated rings. The first kappa shape index (κ1) is 11.4. The van der Waals surface area contributed by atoms with Gasteiger partial charge in [-0.15, -0.1) is 0 Å². The summed E-state index contributed by atoms with van der Waals surface area (Å²) < 4.78 is 10.4. The highest BCUT2D eigenvalue weighted by Gasteiger charge is 2.51. The molecule has 2 aliphatic rings. The number of rotatable bonds is 3. The number of esters is 2. The number of carbonyl (C=O) groups is 2. The first-order valence-corrected chi connectivity index (χ1v) is 6.04. The summed E-state index contributed by atoms with van der Waals surface area (Å²) in [5, 5.41) is 0. The van der Waals surface area contributed by atoms with E-state index in [2.05, 4.69) is 0 Å². The average Bonchev–Trinajstić information content (AvgIpc) is 2.53. The number of carbonyl (C=O) groups excluding carboxylic acids is 2. The Bertz CT molecular complexity index is 299. The van der Waals surface area contributed by atoms with Crippen LogP contribution in [0.25, 0.3) is 0 Å². The van der Waals surface area contributed by atoms with E-state index in [0.717, 1.165) is 25.7 Å². The van der Waals surface area contributed by atoms with Crippen LogP contribution >= 0.6 is 0 Å². The average molecular weight is 226 g/mol. The van der Waals surface area contributed by atoms with Gasteiger partial charge >= 0.3 is 11.9 Å². The van der Waals surface area contributed by atoms with Gasteiger partial charge in [0, 0.05) is 5.92 Å². The van der Waals surface area contributed by atoms with E-state index in [1.165, 1.54) is 0 Å². The molecule has 0 bridgehead atoms. The van der Waals surface area contributed by atoms with Gasteiger partial charge in [-0.1, -0.05) is 6.42 Å². The standard InChI is InChI=1S/C12H18O4/c1-2-15-11(14)8-12-6-4-3-5-9(12)7-10(13)16-12/h9H,2-8H2,1H3. The summed E-state index contributed by atoms with van der Waals surface area (Å²) in [5.41, 5.74) is -0.540. The quantitative estimate of drug-likeness (QED) is 0.689. The van der Waals surface area contributed by atoms with Crippen molar-refractivity contribution in [1.29, 1.82) is 0 Å². The molecule has 1 saturated heterocycles. The van der Waals surface area contributed by atoms with Gasteiger partial charge in [0.05, 0.1) is 19.4 Å². The molecule has 0 aromatic carbocycles. The van der Waals surface area contributed by atoms with Crippen LogP contribution in [0.1, 0.15) is 45.4 Å². The summed E-state index contributed by atoms with van der Waals surface area (Å²) >= 11 is 0. The van der Waals surface area contributed by atoms with E-state index in [1.807, 2.05) is 0 Å². The maximum Gasteiger partial charge on any atom is 0.309 e. The molecule has 0 spiro atoms. The van der Waals surface area contributed by atoms with E-state index < -0.39 is 5.60 Å². The first-order valence-electron chi connectivity index (χ1n) is 6.04. The minimum Gasteiger partial charge on any atom is -0.466 e. The Labute approximate surface area is 95.3 Å². The van der Waals surface area contributed by atoms with Gasteiger partial charge in [0.25, 0.3) is 0 Å². The second-order valence-electron chi connectivity index (χ2n) is 4.67. The van der Waals surface area contributed by atoms with Crippen LogP contribution in [0, 0.1) is 5.92 Å². The maximum atomic E-state index is 11.5. The Morgan fingerprint density at radius 3 is 3.12 bits per heavy atom. The summed E-state index contributed by atoms with van der Waals surface area (Å²) in [6, 6.07) is 0. The minimum absolute atomic E-state index is 0.156. The molecule has 16 heavy (non-hydrogen) atoms. The van der Waals surface area contributed by atoms with Crippen LogP contribution in [0.2, 0.25) is 0 Å². The van der Waals surface area contributed by atoms with Crippen LogP contribution in [0.15, 0.2) is 0 Å². The monoisotopic (exact) mass is 226 g/mol. The van der Waals surface area contributed by atoms with Crippen LogP contribution in [-0.4, -0.2) is 24.1 Å². The molecule has 90 valence electrons. The fourth-order valence-electron chi connectivity index (χ4n) is 2.90. The molecule has 1 heterocycles. The highest BCUT2D eigenvalue weighted by molar-refractivity contribution is 5.76. The number of ether oxygens (including phenoxy) is 2. The zero-order valence-electron chi connectivity index (χ0n) is 9.66. The van der Waals surface area contributed by atoms with Gasteiger partial charge in [-0.05, 0) is 26.2 Å². The van der Waals surface area contributed by atoms with Crippen LogP contribution < -0.4 is 0 Å². The molecule has 4 nitrogen and oxygen atoms in total. The molecular formula is C12H18O4. The lowest BCUT2D eigenvalue weighted by Crippen LogP contribution is -2.40. The predicted octanol–water partition coefficient (Wildman–Crippen LogP) is 1.82. The topological polar surface area (TPSA) is 52.6 Å². The summed E-state index contributed by atoms with van der Waals surface area (Å²) in [5.74, 6) is -0.182. The molecule has 0 aromatic rings. The van der Waals surface area contributed by atoms with Crippen LogP contribution in [0.4, 0.5) is 0 Å². The molecule has 1 aliphatic carbocycles. The normalized spacial score (nSPS) is 33.1. The minimum atomic E-state index is -0.540. The lowest BCUT2D eigenvalue weighted by atomic mass is 9.74. The van der Waals surface area contributed by atoms with Gasteiger partial charge in [-0.3, -0.25) is 9.59 Å². The molecule has 1 aliphatic heterocycles. The van der Waals surface area contributed by atoms with E-state index in [-0.39, 0.29) is 24.3 Å². The molecule has 2 unspecified atom stereocenters. The predicted molar refractivity (Wildman–Crippen MR) is 56.6 cm³/mol. The van der Waals surface area contributed by atoms with Crippen molar-refractivity contribution in [2.75, 3.05) is 6.61 Å². The van der Waals surface area contributed by atoms with Gasteiger partial charge < -0.3 is 9.47 Å². The highest BCUT2D eigenvalue weighted by atomic mass is 16.6. The van der Waals surface area contributed by atoms with Crippen molar-refractivity contribution in [1.82, 2.24) is 0 Å². The van der Waals surface area contributed by atoms with Crippen molar-refractivity contribution >= 4 is 11.9 Å². The SMILES string of the molecule is CCOC(=O)CC12CCCCC1CC(=O)O2. The van der Waals surface area contributed by atoms with Crippen molar-refractivity contribution in [3.8, 4) is 0 Å². The highest BCUT2D eigenvalue weighted by Crippen LogP contribution is 2.46. The molecule has 4 heteroatoms. The summed E-state index contributed by atoms with van der Waals surface area (Å²) in [4.78, 5) is 22.9. The number of hydrogen-bond donors (Lipinski definition) is 0. The van der Waals surface area contributed by atoms with Crippen molar-refractivity contribution < 1.29 is 19.1 Å². The summed E-state index contributed by atoms with van der Waals surface area (Å²) in [7, 11) is 0. The van der Waals surface area contributed by atoms with Crippen molar-refractivity contribution in [3.05, 3.63) is 0 Å². The largest absolute Gasteiger partial charge is 0.466 e. The van der Waals surface area contributed by atoms with Gasteiger partial charge in [0.15, 0.2) is 0 Å².